The summed E-state index contributed by atoms with van der Waals surface area (Å²) >= 11 is 0. The Hall–Kier alpha value is -2.95. The fourth-order valence-corrected chi connectivity index (χ4v) is 3.24. The number of hydrogen-bond donors (Lipinski definition) is 2. The molecule has 2 aromatic rings. The van der Waals surface area contributed by atoms with Crippen LogP contribution in [-0.4, -0.2) is 32.7 Å². The van der Waals surface area contributed by atoms with Gasteiger partial charge in [-0.25, -0.2) is 0 Å². The first-order valence-electron chi connectivity index (χ1n) is 9.85. The quantitative estimate of drug-likeness (QED) is 0.439. The van der Waals surface area contributed by atoms with E-state index in [1.807, 2.05) is 6.92 Å². The van der Waals surface area contributed by atoms with Crippen molar-refractivity contribution >= 4 is 11.6 Å². The zero-order valence-corrected chi connectivity index (χ0v) is 17.0. The largest absolute Gasteiger partial charge is 0.494 e. The molecule has 1 aliphatic heterocycles. The Bertz CT molecular complexity index is 836. The van der Waals surface area contributed by atoms with Gasteiger partial charge in [-0.05, 0) is 43.2 Å². The number of guanidine groups is 1. The van der Waals surface area contributed by atoms with Crippen LogP contribution in [0.4, 0.5) is 5.69 Å². The third-order valence-electron chi connectivity index (χ3n) is 4.75. The molecule has 28 heavy (non-hydrogen) atoms. The van der Waals surface area contributed by atoms with E-state index in [9.17, 15) is 0 Å². The standard InChI is InChI=1S/C23H30N4O/c1-4-28-22-14-18(2)10-11-20(22)17-26-23(24-3)25-16-19-8-7-9-21(15-19)27-12-5-6-13-27/h5-11,14-15H,4,12-13,16-17H2,1-3H3,(H2,24,25,26). The molecule has 0 bridgehead atoms. The molecular formula is C23H30N4O. The number of ether oxygens (including phenoxy) is 1. The molecule has 5 nitrogen and oxygen atoms in total. The van der Waals surface area contributed by atoms with Gasteiger partial charge in [0.2, 0.25) is 0 Å². The monoisotopic (exact) mass is 378 g/mol. The second kappa shape index (κ2) is 9.83. The molecule has 1 heterocycles. The van der Waals surface area contributed by atoms with Crippen molar-refractivity contribution in [2.24, 2.45) is 4.99 Å². The van der Waals surface area contributed by atoms with E-state index in [2.05, 4.69) is 82.1 Å². The Morgan fingerprint density at radius 2 is 1.86 bits per heavy atom. The summed E-state index contributed by atoms with van der Waals surface area (Å²) in [6, 6.07) is 14.9. The van der Waals surface area contributed by atoms with Gasteiger partial charge in [0.05, 0.1) is 6.61 Å². The summed E-state index contributed by atoms with van der Waals surface area (Å²) in [4.78, 5) is 6.69. The summed E-state index contributed by atoms with van der Waals surface area (Å²) in [5.74, 6) is 1.70. The van der Waals surface area contributed by atoms with Crippen molar-refractivity contribution in [2.45, 2.75) is 26.9 Å². The van der Waals surface area contributed by atoms with Crippen molar-refractivity contribution in [2.75, 3.05) is 31.6 Å². The minimum Gasteiger partial charge on any atom is -0.494 e. The molecule has 0 fully saturated rings. The van der Waals surface area contributed by atoms with Gasteiger partial charge in [0.1, 0.15) is 5.75 Å². The van der Waals surface area contributed by atoms with Crippen LogP contribution in [0.15, 0.2) is 59.6 Å². The van der Waals surface area contributed by atoms with Crippen molar-refractivity contribution in [3.05, 3.63) is 71.3 Å². The predicted octanol–water partition coefficient (Wildman–Crippen LogP) is 3.64. The van der Waals surface area contributed by atoms with Crippen molar-refractivity contribution < 1.29 is 4.74 Å². The molecule has 148 valence electrons. The zero-order chi connectivity index (χ0) is 19.8. The smallest absolute Gasteiger partial charge is 0.191 e. The average Bonchev–Trinajstić information content (AvgIpc) is 3.25. The van der Waals surface area contributed by atoms with Crippen LogP contribution in [0.1, 0.15) is 23.6 Å². The molecule has 5 heteroatoms. The molecule has 1 aliphatic rings. The number of benzene rings is 2. The Morgan fingerprint density at radius 3 is 2.61 bits per heavy atom. The molecule has 0 unspecified atom stereocenters. The summed E-state index contributed by atoms with van der Waals surface area (Å²) in [7, 11) is 1.79. The molecule has 2 aromatic carbocycles. The SMILES string of the molecule is CCOc1cc(C)ccc1CNC(=NC)NCc1cccc(N2CC=CC2)c1. The van der Waals surface area contributed by atoms with Gasteiger partial charge in [-0.1, -0.05) is 36.4 Å². The van der Waals surface area contributed by atoms with Gasteiger partial charge in [-0.3, -0.25) is 4.99 Å². The fraction of sp³-hybridized carbons (Fsp3) is 0.348. The van der Waals surface area contributed by atoms with Gasteiger partial charge in [0.25, 0.3) is 0 Å². The molecular weight excluding hydrogens is 348 g/mol. The number of anilines is 1. The molecule has 0 amide bonds. The highest BCUT2D eigenvalue weighted by Gasteiger charge is 2.09. The number of aliphatic imine (C=N–C) groups is 1. The second-order valence-electron chi connectivity index (χ2n) is 6.87. The number of nitrogens with zero attached hydrogens (tertiary/aromatic N) is 2. The van der Waals surface area contributed by atoms with Crippen molar-refractivity contribution in [1.82, 2.24) is 10.6 Å². The van der Waals surface area contributed by atoms with E-state index in [1.54, 1.807) is 7.05 Å². The molecule has 0 atom stereocenters. The van der Waals surface area contributed by atoms with E-state index in [1.165, 1.54) is 16.8 Å². The van der Waals surface area contributed by atoms with E-state index in [0.717, 1.165) is 36.9 Å². The van der Waals surface area contributed by atoms with Gasteiger partial charge in [0, 0.05) is 44.5 Å². The van der Waals surface area contributed by atoms with Crippen LogP contribution in [0.5, 0.6) is 5.75 Å². The molecule has 0 saturated carbocycles. The maximum Gasteiger partial charge on any atom is 0.191 e. The van der Waals surface area contributed by atoms with E-state index >= 15 is 0 Å². The topological polar surface area (TPSA) is 48.9 Å². The Balaban J connectivity index is 1.56. The average molecular weight is 379 g/mol. The molecule has 0 aliphatic carbocycles. The van der Waals surface area contributed by atoms with E-state index in [-0.39, 0.29) is 0 Å². The first-order valence-corrected chi connectivity index (χ1v) is 9.85. The lowest BCUT2D eigenvalue weighted by atomic mass is 10.1. The Labute approximate surface area is 168 Å². The third-order valence-corrected chi connectivity index (χ3v) is 4.75. The maximum atomic E-state index is 5.76. The van der Waals surface area contributed by atoms with E-state index in [4.69, 9.17) is 4.74 Å². The molecule has 0 saturated heterocycles. The van der Waals surface area contributed by atoms with Crippen molar-refractivity contribution in [3.63, 3.8) is 0 Å². The molecule has 0 aromatic heterocycles. The summed E-state index contributed by atoms with van der Waals surface area (Å²) in [5.41, 5.74) is 4.81. The van der Waals surface area contributed by atoms with Crippen LogP contribution in [0.25, 0.3) is 0 Å². The highest BCUT2D eigenvalue weighted by atomic mass is 16.5. The van der Waals surface area contributed by atoms with Crippen LogP contribution in [-0.2, 0) is 13.1 Å². The number of nitrogens with one attached hydrogen (secondary N) is 2. The molecule has 2 N–H and O–H groups in total. The van der Waals surface area contributed by atoms with Crippen LogP contribution in [0, 0.1) is 6.92 Å². The lowest BCUT2D eigenvalue weighted by molar-refractivity contribution is 0.336. The zero-order valence-electron chi connectivity index (χ0n) is 17.0. The lowest BCUT2D eigenvalue weighted by Gasteiger charge is -2.19. The number of rotatable bonds is 7. The van der Waals surface area contributed by atoms with Gasteiger partial charge < -0.3 is 20.3 Å². The van der Waals surface area contributed by atoms with Gasteiger partial charge in [-0.2, -0.15) is 0 Å². The van der Waals surface area contributed by atoms with Gasteiger partial charge in [0.15, 0.2) is 5.96 Å². The summed E-state index contributed by atoms with van der Waals surface area (Å²) < 4.78 is 5.76. The summed E-state index contributed by atoms with van der Waals surface area (Å²) in [6.07, 6.45) is 4.41. The molecule has 0 spiro atoms. The normalized spacial score (nSPS) is 13.7. The predicted molar refractivity (Wildman–Crippen MR) is 117 cm³/mol. The Kier molecular flexibility index (Phi) is 6.95. The fourth-order valence-electron chi connectivity index (χ4n) is 3.24. The lowest BCUT2D eigenvalue weighted by Crippen LogP contribution is -2.36. The van der Waals surface area contributed by atoms with Crippen LogP contribution >= 0.6 is 0 Å². The van der Waals surface area contributed by atoms with Gasteiger partial charge in [-0.15, -0.1) is 0 Å². The molecule has 0 radical (unpaired) electrons. The summed E-state index contributed by atoms with van der Waals surface area (Å²) in [6.45, 7) is 8.10. The minimum absolute atomic E-state index is 0.659. The number of hydrogen-bond acceptors (Lipinski definition) is 3. The van der Waals surface area contributed by atoms with E-state index < -0.39 is 0 Å². The van der Waals surface area contributed by atoms with Crippen LogP contribution < -0.4 is 20.3 Å². The van der Waals surface area contributed by atoms with Crippen molar-refractivity contribution in [3.8, 4) is 5.75 Å². The molecule has 3 rings (SSSR count). The number of aryl methyl sites for hydroxylation is 1. The van der Waals surface area contributed by atoms with Gasteiger partial charge >= 0.3 is 0 Å². The second-order valence-corrected chi connectivity index (χ2v) is 6.87. The van der Waals surface area contributed by atoms with Crippen LogP contribution in [0.2, 0.25) is 0 Å². The first-order chi connectivity index (χ1) is 13.7. The third kappa shape index (κ3) is 5.28. The van der Waals surface area contributed by atoms with E-state index in [0.29, 0.717) is 13.2 Å². The highest BCUT2D eigenvalue weighted by Crippen LogP contribution is 2.20. The minimum atomic E-state index is 0.659. The highest BCUT2D eigenvalue weighted by molar-refractivity contribution is 5.79. The summed E-state index contributed by atoms with van der Waals surface area (Å²) in [5, 5.41) is 6.78. The van der Waals surface area contributed by atoms with Crippen molar-refractivity contribution in [1.29, 1.82) is 0 Å². The van der Waals surface area contributed by atoms with Crippen LogP contribution in [0.3, 0.4) is 0 Å². The maximum absolute atomic E-state index is 5.76. The Morgan fingerprint density at radius 1 is 1.07 bits per heavy atom. The first kappa shape index (κ1) is 19.8.